The number of thiocarbonyl (C=S) groups is 1. The van der Waals surface area contributed by atoms with Crippen LogP contribution < -0.4 is 4.74 Å². The predicted octanol–water partition coefficient (Wildman–Crippen LogP) is 12.5. The van der Waals surface area contributed by atoms with Crippen LogP contribution >= 0.6 is 12.2 Å². The largest absolute Gasteiger partial charge is 0.494 e. The van der Waals surface area contributed by atoms with E-state index in [0.29, 0.717) is 0 Å². The maximum atomic E-state index is 6.04. The Balaban J connectivity index is 1.44. The van der Waals surface area contributed by atoms with Crippen molar-refractivity contribution in [3.63, 3.8) is 0 Å². The number of hydrogen-bond donors (Lipinski definition) is 0. The first kappa shape index (κ1) is 34.3. The van der Waals surface area contributed by atoms with Gasteiger partial charge in [-0.2, -0.15) is 0 Å². The Morgan fingerprint density at radius 2 is 1.15 bits per heavy atom. The Hall–Kier alpha value is -1.93. The van der Waals surface area contributed by atoms with Crippen LogP contribution in [0.2, 0.25) is 0 Å². The maximum Gasteiger partial charge on any atom is 0.119 e. The molecule has 2 rings (SSSR count). The van der Waals surface area contributed by atoms with Gasteiger partial charge in [0.15, 0.2) is 0 Å². The van der Waals surface area contributed by atoms with E-state index in [2.05, 4.69) is 68.5 Å². The summed E-state index contributed by atoms with van der Waals surface area (Å²) in [5.41, 5.74) is 3.60. The third-order valence-corrected chi connectivity index (χ3v) is 8.20. The number of allylic oxidation sites excluding steroid dienone is 1. The highest BCUT2D eigenvalue weighted by Crippen LogP contribution is 2.17. The zero-order valence-electron chi connectivity index (χ0n) is 25.9. The van der Waals surface area contributed by atoms with Crippen molar-refractivity contribution in [1.82, 2.24) is 0 Å². The summed E-state index contributed by atoms with van der Waals surface area (Å²) in [7, 11) is 0. The minimum Gasteiger partial charge on any atom is -0.494 e. The summed E-state index contributed by atoms with van der Waals surface area (Å²) in [6.07, 6.45) is 31.6. The van der Waals surface area contributed by atoms with Crippen molar-refractivity contribution in [2.45, 2.75) is 142 Å². The molecule has 0 aromatic heterocycles. The van der Waals surface area contributed by atoms with Gasteiger partial charge in [-0.15, -0.1) is 0 Å². The molecule has 0 N–H and O–H groups in total. The van der Waals surface area contributed by atoms with E-state index >= 15 is 0 Å². The summed E-state index contributed by atoms with van der Waals surface area (Å²) in [6, 6.07) is 17.0. The summed E-state index contributed by atoms with van der Waals surface area (Å²) in [5, 5.41) is 0. The van der Waals surface area contributed by atoms with Gasteiger partial charge >= 0.3 is 0 Å². The average molecular weight is 563 g/mol. The van der Waals surface area contributed by atoms with Crippen LogP contribution in [0, 0.1) is 0 Å². The highest BCUT2D eigenvalue weighted by Gasteiger charge is 2.00. The molecular formula is C38H58OS. The molecule has 0 fully saturated rings. The van der Waals surface area contributed by atoms with Gasteiger partial charge < -0.3 is 4.74 Å². The van der Waals surface area contributed by atoms with E-state index < -0.39 is 0 Å². The van der Waals surface area contributed by atoms with Crippen LogP contribution in [-0.4, -0.2) is 11.5 Å². The first-order chi connectivity index (χ1) is 19.7. The van der Waals surface area contributed by atoms with Crippen molar-refractivity contribution < 1.29 is 4.74 Å². The normalized spacial score (nSPS) is 11.3. The zero-order chi connectivity index (χ0) is 28.5. The first-order valence-corrected chi connectivity index (χ1v) is 17.2. The molecule has 1 nitrogen and oxygen atoms in total. The lowest BCUT2D eigenvalue weighted by molar-refractivity contribution is 0.304. The average Bonchev–Trinajstić information content (AvgIpc) is 2.98. The summed E-state index contributed by atoms with van der Waals surface area (Å²) in [5.74, 6) is 0.948. The SMILES string of the molecule is CCCCCCCCCCCCCCCCCCCCOc1cccc(C=CC(=S)c2ccc(CCC)cc2)c1. The minimum atomic E-state index is 0.800. The van der Waals surface area contributed by atoms with Crippen LogP contribution in [0.4, 0.5) is 0 Å². The van der Waals surface area contributed by atoms with Gasteiger partial charge in [0.2, 0.25) is 0 Å². The Bertz CT molecular complexity index is 913. The van der Waals surface area contributed by atoms with Crippen LogP contribution in [0.5, 0.6) is 5.75 Å². The van der Waals surface area contributed by atoms with E-state index in [4.69, 9.17) is 17.0 Å². The minimum absolute atomic E-state index is 0.800. The standard InChI is InChI=1S/C38H58OS/c1-3-5-6-7-8-9-10-11-12-13-14-15-16-17-18-19-20-21-32-39-37-25-22-24-35(33-37)28-31-38(40)36-29-26-34(23-4-2)27-30-36/h22,24-31,33H,3-21,23,32H2,1-2H3. The van der Waals surface area contributed by atoms with E-state index in [-0.39, 0.29) is 0 Å². The van der Waals surface area contributed by atoms with Crippen molar-refractivity contribution >= 4 is 23.2 Å². The molecule has 40 heavy (non-hydrogen) atoms. The molecule has 2 aromatic carbocycles. The van der Waals surface area contributed by atoms with Crippen LogP contribution in [0.25, 0.3) is 6.08 Å². The van der Waals surface area contributed by atoms with Gasteiger partial charge in [0.05, 0.1) is 6.61 Å². The third kappa shape index (κ3) is 17.0. The van der Waals surface area contributed by atoms with Crippen LogP contribution in [0.1, 0.15) is 153 Å². The van der Waals surface area contributed by atoms with Gasteiger partial charge in [-0.3, -0.25) is 0 Å². The molecule has 0 atom stereocenters. The van der Waals surface area contributed by atoms with E-state index in [1.165, 1.54) is 121 Å². The van der Waals surface area contributed by atoms with Crippen molar-refractivity contribution in [3.8, 4) is 5.75 Å². The summed E-state index contributed by atoms with van der Waals surface area (Å²) < 4.78 is 6.04. The molecule has 0 saturated carbocycles. The molecule has 0 radical (unpaired) electrons. The van der Waals surface area contributed by atoms with Gasteiger partial charge in [0.25, 0.3) is 0 Å². The Labute approximate surface area is 253 Å². The van der Waals surface area contributed by atoms with Crippen molar-refractivity contribution in [3.05, 3.63) is 71.3 Å². The van der Waals surface area contributed by atoms with Gasteiger partial charge in [0, 0.05) is 4.86 Å². The molecule has 2 heteroatoms. The molecule has 0 amide bonds. The Morgan fingerprint density at radius 1 is 0.625 bits per heavy atom. The highest BCUT2D eigenvalue weighted by molar-refractivity contribution is 7.81. The van der Waals surface area contributed by atoms with Crippen molar-refractivity contribution in [2.75, 3.05) is 6.61 Å². The van der Waals surface area contributed by atoms with Gasteiger partial charge in [-0.1, -0.05) is 184 Å². The number of unbranched alkanes of at least 4 members (excludes halogenated alkanes) is 17. The van der Waals surface area contributed by atoms with Crippen LogP contribution in [-0.2, 0) is 6.42 Å². The molecule has 0 aliphatic rings. The number of aryl methyl sites for hydroxylation is 1. The van der Waals surface area contributed by atoms with Crippen molar-refractivity contribution in [1.29, 1.82) is 0 Å². The fourth-order valence-corrected chi connectivity index (χ4v) is 5.50. The van der Waals surface area contributed by atoms with Gasteiger partial charge in [0.1, 0.15) is 5.75 Å². The molecule has 0 bridgehead atoms. The third-order valence-electron chi connectivity index (χ3n) is 7.83. The second kappa shape index (κ2) is 23.7. The fraction of sp³-hybridized carbons (Fsp3) is 0.605. The van der Waals surface area contributed by atoms with E-state index in [9.17, 15) is 0 Å². The molecule has 0 unspecified atom stereocenters. The lowest BCUT2D eigenvalue weighted by Crippen LogP contribution is -1.97. The monoisotopic (exact) mass is 562 g/mol. The molecule has 0 saturated heterocycles. The fourth-order valence-electron chi connectivity index (χ4n) is 5.29. The number of hydrogen-bond acceptors (Lipinski definition) is 2. The quantitative estimate of drug-likeness (QED) is 0.0515. The van der Waals surface area contributed by atoms with Gasteiger partial charge in [-0.25, -0.2) is 0 Å². The summed E-state index contributed by atoms with van der Waals surface area (Å²) >= 11 is 5.63. The molecule has 222 valence electrons. The second-order valence-electron chi connectivity index (χ2n) is 11.6. The zero-order valence-corrected chi connectivity index (χ0v) is 26.8. The topological polar surface area (TPSA) is 9.23 Å². The van der Waals surface area contributed by atoms with Crippen LogP contribution in [0.15, 0.2) is 54.6 Å². The molecule has 0 spiro atoms. The molecule has 0 aliphatic heterocycles. The second-order valence-corrected chi connectivity index (χ2v) is 12.0. The highest BCUT2D eigenvalue weighted by atomic mass is 32.1. The van der Waals surface area contributed by atoms with Crippen molar-refractivity contribution in [2.24, 2.45) is 0 Å². The van der Waals surface area contributed by atoms with E-state index in [1.54, 1.807) is 0 Å². The molecular weight excluding hydrogens is 504 g/mol. The Morgan fingerprint density at radius 3 is 1.68 bits per heavy atom. The number of benzene rings is 2. The summed E-state index contributed by atoms with van der Waals surface area (Å²) in [4.78, 5) is 0.869. The Kier molecular flexibility index (Phi) is 20.3. The predicted molar refractivity (Wildman–Crippen MR) is 182 cm³/mol. The maximum absolute atomic E-state index is 6.04. The summed E-state index contributed by atoms with van der Waals surface area (Å²) in [6.45, 7) is 5.31. The van der Waals surface area contributed by atoms with Gasteiger partial charge in [-0.05, 0) is 47.7 Å². The lowest BCUT2D eigenvalue weighted by Gasteiger charge is -2.07. The molecule has 0 heterocycles. The number of ether oxygens (including phenoxy) is 1. The van der Waals surface area contributed by atoms with E-state index in [0.717, 1.165) is 41.2 Å². The lowest BCUT2D eigenvalue weighted by atomic mass is 10.0. The first-order valence-electron chi connectivity index (χ1n) is 16.8. The molecule has 2 aromatic rings. The van der Waals surface area contributed by atoms with Crippen LogP contribution in [0.3, 0.4) is 0 Å². The molecule has 0 aliphatic carbocycles. The smallest absolute Gasteiger partial charge is 0.119 e. The van der Waals surface area contributed by atoms with E-state index in [1.807, 2.05) is 6.08 Å². The number of rotatable bonds is 25.